The molecule has 1 aromatic carbocycles. The van der Waals surface area contributed by atoms with Gasteiger partial charge in [0.25, 0.3) is 0 Å². The Balaban J connectivity index is 1.74. The number of rotatable bonds is 4. The summed E-state index contributed by atoms with van der Waals surface area (Å²) in [6.45, 7) is 0.728. The average molecular weight is 335 g/mol. The van der Waals surface area contributed by atoms with Crippen LogP contribution in [0.25, 0.3) is 0 Å². The lowest BCUT2D eigenvalue weighted by molar-refractivity contribution is 0.0696. The maximum atomic E-state index is 10.9. The molecule has 120 valence electrons. The van der Waals surface area contributed by atoms with Gasteiger partial charge in [-0.25, -0.2) is 9.78 Å². The van der Waals surface area contributed by atoms with Gasteiger partial charge in [0.2, 0.25) is 0 Å². The Morgan fingerprint density at radius 1 is 1.30 bits per heavy atom. The smallest absolute Gasteiger partial charge is 0.337 e. The van der Waals surface area contributed by atoms with E-state index in [1.54, 1.807) is 4.90 Å². The van der Waals surface area contributed by atoms with Crippen molar-refractivity contribution < 1.29 is 19.7 Å². The lowest BCUT2D eigenvalue weighted by atomic mass is 10.2. The molecular weight excluding hydrogens is 320 g/mol. The Labute approximate surface area is 137 Å². The Morgan fingerprint density at radius 3 is 2.70 bits per heavy atom. The third kappa shape index (κ3) is 3.38. The number of ether oxygens (including phenoxy) is 1. The van der Waals surface area contributed by atoms with Gasteiger partial charge in [-0.3, -0.25) is 0 Å². The Hall–Kier alpha value is -2.31. The molecule has 0 saturated carbocycles. The molecule has 2 atom stereocenters. The molecule has 1 aliphatic heterocycles. The van der Waals surface area contributed by atoms with E-state index in [0.29, 0.717) is 24.7 Å². The van der Waals surface area contributed by atoms with Crippen LogP contribution < -0.4 is 9.64 Å². The number of anilines is 1. The molecule has 6 nitrogen and oxygen atoms in total. The highest BCUT2D eigenvalue weighted by Crippen LogP contribution is 2.28. The normalized spacial score (nSPS) is 20.5. The number of hydrogen-bond donors (Lipinski definition) is 2. The van der Waals surface area contributed by atoms with E-state index in [0.717, 1.165) is 0 Å². The van der Waals surface area contributed by atoms with Crippen LogP contribution in [-0.2, 0) is 0 Å². The molecule has 1 saturated heterocycles. The molecule has 3 rings (SSSR count). The van der Waals surface area contributed by atoms with Crippen molar-refractivity contribution in [1.82, 2.24) is 4.98 Å². The van der Waals surface area contributed by atoms with Crippen molar-refractivity contribution in [1.29, 1.82) is 0 Å². The fraction of sp³-hybridized carbons (Fsp3) is 0.250. The highest BCUT2D eigenvalue weighted by atomic mass is 35.5. The molecule has 2 heterocycles. The molecule has 1 aliphatic rings. The van der Waals surface area contributed by atoms with Crippen molar-refractivity contribution in [2.75, 3.05) is 18.0 Å². The summed E-state index contributed by atoms with van der Waals surface area (Å²) in [5.41, 5.74) is 0.0237. The summed E-state index contributed by atoms with van der Waals surface area (Å²) in [6.07, 6.45) is 0.156. The number of aliphatic hydroxyl groups excluding tert-OH is 1. The number of carboxylic acids is 1. The predicted octanol–water partition coefficient (Wildman–Crippen LogP) is 2.06. The largest absolute Gasteiger partial charge is 0.486 e. The van der Waals surface area contributed by atoms with E-state index in [9.17, 15) is 9.90 Å². The van der Waals surface area contributed by atoms with Crippen LogP contribution in [-0.4, -0.2) is 46.5 Å². The van der Waals surface area contributed by atoms with Crippen LogP contribution >= 0.6 is 11.6 Å². The van der Waals surface area contributed by atoms with Crippen LogP contribution in [0.15, 0.2) is 42.6 Å². The third-order valence-electron chi connectivity index (χ3n) is 3.64. The van der Waals surface area contributed by atoms with Crippen molar-refractivity contribution in [3.8, 4) is 5.75 Å². The number of halogens is 1. The molecule has 7 heteroatoms. The van der Waals surface area contributed by atoms with E-state index in [2.05, 4.69) is 4.98 Å². The molecule has 0 radical (unpaired) electrons. The number of pyridine rings is 1. The molecular formula is C16H15ClN2O4. The molecule has 0 amide bonds. The number of para-hydroxylation sites is 1. The van der Waals surface area contributed by atoms with Gasteiger partial charge >= 0.3 is 5.97 Å². The maximum Gasteiger partial charge on any atom is 0.337 e. The van der Waals surface area contributed by atoms with Gasteiger partial charge in [0.1, 0.15) is 23.8 Å². The number of carboxylic acid groups (broad SMARTS) is 1. The molecule has 0 bridgehead atoms. The van der Waals surface area contributed by atoms with Crippen LogP contribution in [0.4, 0.5) is 5.82 Å². The van der Waals surface area contributed by atoms with Crippen LogP contribution in [0.1, 0.15) is 10.4 Å². The summed E-state index contributed by atoms with van der Waals surface area (Å²) >= 11 is 6.12. The van der Waals surface area contributed by atoms with Crippen molar-refractivity contribution in [3.05, 3.63) is 53.2 Å². The lowest BCUT2D eigenvalue weighted by Gasteiger charge is -2.19. The third-order valence-corrected chi connectivity index (χ3v) is 3.91. The Kier molecular flexibility index (Phi) is 4.36. The molecule has 2 N–H and O–H groups in total. The van der Waals surface area contributed by atoms with Crippen molar-refractivity contribution in [2.24, 2.45) is 0 Å². The predicted molar refractivity (Wildman–Crippen MR) is 85.3 cm³/mol. The summed E-state index contributed by atoms with van der Waals surface area (Å²) < 4.78 is 5.78. The Bertz CT molecular complexity index is 710. The van der Waals surface area contributed by atoms with Gasteiger partial charge < -0.3 is 19.8 Å². The second kappa shape index (κ2) is 6.44. The second-order valence-electron chi connectivity index (χ2n) is 5.28. The van der Waals surface area contributed by atoms with Crippen LogP contribution in [0.5, 0.6) is 5.75 Å². The number of β-amino-alcohol motifs (C(OH)–C–C–N with tert-alkyl or cyclic N) is 1. The minimum absolute atomic E-state index is 0.0237. The zero-order valence-corrected chi connectivity index (χ0v) is 12.8. The van der Waals surface area contributed by atoms with Crippen LogP contribution in [0, 0.1) is 0 Å². The first kappa shape index (κ1) is 15.6. The number of benzene rings is 1. The SMILES string of the molecule is O=C(O)c1cnc(N2C[C@@H](O)[C@H](Oc3ccccc3)C2)c(Cl)c1. The van der Waals surface area contributed by atoms with Gasteiger partial charge in [-0.1, -0.05) is 29.8 Å². The minimum atomic E-state index is -1.09. The van der Waals surface area contributed by atoms with Crippen LogP contribution in [0.2, 0.25) is 5.02 Å². The highest BCUT2D eigenvalue weighted by molar-refractivity contribution is 6.33. The average Bonchev–Trinajstić information content (AvgIpc) is 2.89. The number of hydrogen-bond acceptors (Lipinski definition) is 5. The van der Waals surface area contributed by atoms with Gasteiger partial charge in [0, 0.05) is 12.7 Å². The maximum absolute atomic E-state index is 10.9. The standard InChI is InChI=1S/C16H15ClN2O4/c17-12-6-10(16(21)22)7-18-15(12)19-8-13(20)14(9-19)23-11-4-2-1-3-5-11/h1-7,13-14,20H,8-9H2,(H,21,22)/t13-,14-/m1/s1. The fourth-order valence-corrected chi connectivity index (χ4v) is 2.79. The minimum Gasteiger partial charge on any atom is -0.486 e. The number of aliphatic hydroxyl groups is 1. The van der Waals surface area contributed by atoms with Crippen LogP contribution in [0.3, 0.4) is 0 Å². The van der Waals surface area contributed by atoms with E-state index in [4.69, 9.17) is 21.4 Å². The number of aromatic carboxylic acids is 1. The first-order valence-electron chi connectivity index (χ1n) is 7.08. The topological polar surface area (TPSA) is 82.9 Å². The monoisotopic (exact) mass is 334 g/mol. The quantitative estimate of drug-likeness (QED) is 0.890. The first-order chi connectivity index (χ1) is 11.0. The molecule has 1 aromatic heterocycles. The van der Waals surface area contributed by atoms with E-state index in [-0.39, 0.29) is 10.6 Å². The lowest BCUT2D eigenvalue weighted by Crippen LogP contribution is -2.29. The summed E-state index contributed by atoms with van der Waals surface area (Å²) in [5.74, 6) is 0.0336. The van der Waals surface area contributed by atoms with Gasteiger partial charge in [0.05, 0.1) is 17.1 Å². The van der Waals surface area contributed by atoms with E-state index in [1.165, 1.54) is 12.3 Å². The summed E-state index contributed by atoms with van der Waals surface area (Å²) in [5, 5.41) is 19.4. The molecule has 2 aromatic rings. The fourth-order valence-electron chi connectivity index (χ4n) is 2.50. The van der Waals surface area contributed by atoms with Crippen molar-refractivity contribution in [2.45, 2.75) is 12.2 Å². The van der Waals surface area contributed by atoms with Gasteiger partial charge in [-0.05, 0) is 18.2 Å². The van der Waals surface area contributed by atoms with Crippen molar-refractivity contribution in [3.63, 3.8) is 0 Å². The summed E-state index contributed by atoms with van der Waals surface area (Å²) in [6, 6.07) is 10.6. The summed E-state index contributed by atoms with van der Waals surface area (Å²) in [4.78, 5) is 16.8. The molecule has 0 aliphatic carbocycles. The van der Waals surface area contributed by atoms with Gasteiger partial charge in [-0.2, -0.15) is 0 Å². The van der Waals surface area contributed by atoms with Gasteiger partial charge in [0.15, 0.2) is 0 Å². The molecule has 0 spiro atoms. The number of nitrogens with zero attached hydrogens (tertiary/aromatic N) is 2. The highest BCUT2D eigenvalue weighted by Gasteiger charge is 2.34. The zero-order valence-electron chi connectivity index (χ0n) is 12.1. The van der Waals surface area contributed by atoms with Gasteiger partial charge in [-0.15, -0.1) is 0 Å². The molecule has 1 fully saturated rings. The number of aromatic nitrogens is 1. The first-order valence-corrected chi connectivity index (χ1v) is 7.46. The molecule has 0 unspecified atom stereocenters. The zero-order chi connectivity index (χ0) is 16.4. The molecule has 23 heavy (non-hydrogen) atoms. The second-order valence-corrected chi connectivity index (χ2v) is 5.68. The van der Waals surface area contributed by atoms with E-state index >= 15 is 0 Å². The summed E-state index contributed by atoms with van der Waals surface area (Å²) in [7, 11) is 0. The number of carbonyl (C=O) groups is 1. The Morgan fingerprint density at radius 2 is 2.04 bits per heavy atom. The van der Waals surface area contributed by atoms with E-state index in [1.807, 2.05) is 30.3 Å². The van der Waals surface area contributed by atoms with Crippen molar-refractivity contribution >= 4 is 23.4 Å². The van der Waals surface area contributed by atoms with E-state index < -0.39 is 18.2 Å².